The van der Waals surface area contributed by atoms with Crippen molar-refractivity contribution in [3.63, 3.8) is 0 Å². The maximum Gasteiger partial charge on any atom is 0.132 e. The van der Waals surface area contributed by atoms with Crippen LogP contribution in [0.4, 0.5) is 5.82 Å². The summed E-state index contributed by atoms with van der Waals surface area (Å²) in [6.45, 7) is 0.878. The van der Waals surface area contributed by atoms with Crippen molar-refractivity contribution in [3.05, 3.63) is 35.5 Å². The Bertz CT molecular complexity index is 575. The van der Waals surface area contributed by atoms with Crippen LogP contribution in [0.2, 0.25) is 0 Å². The monoisotopic (exact) mass is 271 g/mol. The van der Waals surface area contributed by atoms with Crippen LogP contribution in [0.3, 0.4) is 0 Å². The maximum absolute atomic E-state index is 4.45. The Hall–Kier alpha value is -1.91. The van der Waals surface area contributed by atoms with Crippen molar-refractivity contribution in [3.8, 4) is 0 Å². The summed E-state index contributed by atoms with van der Waals surface area (Å²) in [5.74, 6) is 1.03. The molecule has 2 aromatic rings. The number of hydrogen-bond donors (Lipinski definition) is 1. The molecule has 2 heterocycles. The highest BCUT2D eigenvalue weighted by molar-refractivity contribution is 5.46. The van der Waals surface area contributed by atoms with Gasteiger partial charge in [0.05, 0.1) is 0 Å². The lowest BCUT2D eigenvalue weighted by atomic mass is 10.1. The zero-order valence-electron chi connectivity index (χ0n) is 12.0. The fourth-order valence-corrected chi connectivity index (χ4v) is 2.81. The van der Waals surface area contributed by atoms with Gasteiger partial charge in [0.25, 0.3) is 0 Å². The van der Waals surface area contributed by atoms with E-state index in [4.69, 9.17) is 0 Å². The fraction of sp³-hybridized carbons (Fsp3) is 0.533. The van der Waals surface area contributed by atoms with Crippen molar-refractivity contribution in [2.45, 2.75) is 38.5 Å². The number of nitrogens with one attached hydrogen (secondary N) is 1. The van der Waals surface area contributed by atoms with E-state index in [0.717, 1.165) is 31.6 Å². The third-order valence-corrected chi connectivity index (χ3v) is 3.97. The lowest BCUT2D eigenvalue weighted by Crippen LogP contribution is -2.12. The highest BCUT2D eigenvalue weighted by atomic mass is 15.3. The summed E-state index contributed by atoms with van der Waals surface area (Å²) < 4.78 is 1.92. The molecule has 0 radical (unpaired) electrons. The van der Waals surface area contributed by atoms with Gasteiger partial charge in [-0.1, -0.05) is 6.42 Å². The van der Waals surface area contributed by atoms with E-state index < -0.39 is 0 Å². The average molecular weight is 271 g/mol. The molecule has 106 valence electrons. The maximum atomic E-state index is 4.45. The smallest absolute Gasteiger partial charge is 0.132 e. The van der Waals surface area contributed by atoms with Gasteiger partial charge in [-0.05, 0) is 31.7 Å². The average Bonchev–Trinajstić information content (AvgIpc) is 2.73. The van der Waals surface area contributed by atoms with Crippen LogP contribution in [0.1, 0.15) is 36.2 Å². The molecule has 0 spiro atoms. The highest BCUT2D eigenvalue weighted by Crippen LogP contribution is 2.23. The van der Waals surface area contributed by atoms with Crippen molar-refractivity contribution in [1.29, 1.82) is 0 Å². The summed E-state index contributed by atoms with van der Waals surface area (Å²) >= 11 is 0. The van der Waals surface area contributed by atoms with Gasteiger partial charge in [0.15, 0.2) is 0 Å². The number of anilines is 1. The molecule has 2 aromatic heterocycles. The Kier molecular flexibility index (Phi) is 3.95. The van der Waals surface area contributed by atoms with Crippen LogP contribution < -0.4 is 5.32 Å². The molecule has 1 aliphatic rings. The van der Waals surface area contributed by atoms with Crippen molar-refractivity contribution < 1.29 is 0 Å². The first-order valence-electron chi connectivity index (χ1n) is 7.38. The van der Waals surface area contributed by atoms with Crippen LogP contribution in [0, 0.1) is 0 Å². The molecule has 0 unspecified atom stereocenters. The topological polar surface area (TPSA) is 55.6 Å². The molecule has 0 bridgehead atoms. The standard InChI is InChI=1S/C15H21N5/c1-20-12(8-10-19-20)7-9-16-15-13-5-3-2-4-6-14(13)17-11-18-15/h8,10-11H,2-7,9H2,1H3,(H,16,17,18). The van der Waals surface area contributed by atoms with Crippen LogP contribution in [-0.2, 0) is 26.3 Å². The zero-order chi connectivity index (χ0) is 13.8. The molecule has 5 heteroatoms. The molecular weight excluding hydrogens is 250 g/mol. The molecular formula is C15H21N5. The van der Waals surface area contributed by atoms with Crippen LogP contribution >= 0.6 is 0 Å². The molecule has 0 aromatic carbocycles. The van der Waals surface area contributed by atoms with E-state index in [1.165, 1.54) is 36.2 Å². The summed E-state index contributed by atoms with van der Waals surface area (Å²) in [6, 6.07) is 2.06. The lowest BCUT2D eigenvalue weighted by Gasteiger charge is -2.12. The van der Waals surface area contributed by atoms with Crippen LogP contribution in [-0.4, -0.2) is 26.3 Å². The first-order chi connectivity index (χ1) is 9.84. The van der Waals surface area contributed by atoms with E-state index in [1.54, 1.807) is 6.33 Å². The number of aryl methyl sites for hydroxylation is 2. The van der Waals surface area contributed by atoms with Crippen molar-refractivity contribution in [2.75, 3.05) is 11.9 Å². The molecule has 0 aliphatic heterocycles. The van der Waals surface area contributed by atoms with Crippen LogP contribution in [0.25, 0.3) is 0 Å². The molecule has 5 nitrogen and oxygen atoms in total. The van der Waals surface area contributed by atoms with E-state index in [0.29, 0.717) is 0 Å². The van der Waals surface area contributed by atoms with E-state index >= 15 is 0 Å². The number of hydrogen-bond acceptors (Lipinski definition) is 4. The van der Waals surface area contributed by atoms with Gasteiger partial charge in [-0.15, -0.1) is 0 Å². The van der Waals surface area contributed by atoms with Gasteiger partial charge in [-0.25, -0.2) is 9.97 Å². The van der Waals surface area contributed by atoms with E-state index in [1.807, 2.05) is 17.9 Å². The zero-order valence-corrected chi connectivity index (χ0v) is 12.0. The van der Waals surface area contributed by atoms with E-state index in [-0.39, 0.29) is 0 Å². The van der Waals surface area contributed by atoms with E-state index in [2.05, 4.69) is 26.4 Å². The van der Waals surface area contributed by atoms with Crippen LogP contribution in [0.15, 0.2) is 18.6 Å². The van der Waals surface area contributed by atoms with Gasteiger partial charge in [0.2, 0.25) is 0 Å². The van der Waals surface area contributed by atoms with Gasteiger partial charge in [-0.2, -0.15) is 5.10 Å². The van der Waals surface area contributed by atoms with Gasteiger partial charge >= 0.3 is 0 Å². The first-order valence-corrected chi connectivity index (χ1v) is 7.38. The van der Waals surface area contributed by atoms with Crippen molar-refractivity contribution in [2.24, 2.45) is 7.05 Å². The minimum atomic E-state index is 0.878. The van der Waals surface area contributed by atoms with Crippen molar-refractivity contribution in [1.82, 2.24) is 19.7 Å². The van der Waals surface area contributed by atoms with E-state index in [9.17, 15) is 0 Å². The second-order valence-corrected chi connectivity index (χ2v) is 5.33. The number of fused-ring (bicyclic) bond motifs is 1. The highest BCUT2D eigenvalue weighted by Gasteiger charge is 2.13. The van der Waals surface area contributed by atoms with Gasteiger partial charge in [0.1, 0.15) is 12.1 Å². The normalized spacial score (nSPS) is 14.7. The molecule has 0 atom stereocenters. The summed E-state index contributed by atoms with van der Waals surface area (Å²) in [5, 5.41) is 7.66. The summed E-state index contributed by atoms with van der Waals surface area (Å²) in [4.78, 5) is 8.88. The fourth-order valence-electron chi connectivity index (χ4n) is 2.81. The minimum Gasteiger partial charge on any atom is -0.369 e. The molecule has 20 heavy (non-hydrogen) atoms. The third kappa shape index (κ3) is 2.81. The molecule has 0 saturated heterocycles. The molecule has 0 saturated carbocycles. The van der Waals surface area contributed by atoms with Gasteiger partial charge in [-0.3, -0.25) is 4.68 Å². The predicted octanol–water partition coefficient (Wildman–Crippen LogP) is 2.13. The van der Waals surface area contributed by atoms with Crippen molar-refractivity contribution >= 4 is 5.82 Å². The summed E-state index contributed by atoms with van der Waals surface area (Å²) in [7, 11) is 1.98. The number of rotatable bonds is 4. The molecule has 0 fully saturated rings. The summed E-state index contributed by atoms with van der Waals surface area (Å²) in [5.41, 5.74) is 3.80. The molecule has 3 rings (SSSR count). The largest absolute Gasteiger partial charge is 0.369 e. The van der Waals surface area contributed by atoms with Crippen LogP contribution in [0.5, 0.6) is 0 Å². The minimum absolute atomic E-state index is 0.878. The Morgan fingerprint density at radius 3 is 2.95 bits per heavy atom. The molecule has 0 amide bonds. The quantitative estimate of drug-likeness (QED) is 0.866. The number of aromatic nitrogens is 4. The molecule has 1 N–H and O–H groups in total. The Balaban J connectivity index is 1.67. The lowest BCUT2D eigenvalue weighted by molar-refractivity contribution is 0.707. The Morgan fingerprint density at radius 2 is 2.10 bits per heavy atom. The summed E-state index contributed by atoms with van der Waals surface area (Å²) in [6.07, 6.45) is 10.5. The Labute approximate surface area is 119 Å². The second kappa shape index (κ2) is 6.03. The predicted molar refractivity (Wildman–Crippen MR) is 78.7 cm³/mol. The SMILES string of the molecule is Cn1nccc1CCNc1ncnc2c1CCCCC2. The first kappa shape index (κ1) is 13.1. The Morgan fingerprint density at radius 1 is 1.20 bits per heavy atom. The van der Waals surface area contributed by atoms with Gasteiger partial charge < -0.3 is 5.32 Å². The third-order valence-electron chi connectivity index (χ3n) is 3.97. The molecule has 1 aliphatic carbocycles. The van der Waals surface area contributed by atoms with Gasteiger partial charge in [0, 0.05) is 43.2 Å². The second-order valence-electron chi connectivity index (χ2n) is 5.33. The number of nitrogens with zero attached hydrogens (tertiary/aromatic N) is 4.